The van der Waals surface area contributed by atoms with Crippen LogP contribution >= 0.6 is 0 Å². The minimum absolute atomic E-state index is 0.562. The van der Waals surface area contributed by atoms with E-state index in [4.69, 9.17) is 0 Å². The standard InChI is InChI=1S/C12H23N3/c1-5-7-13-11(3)10(2)9-12-6-8-15(4)14-12/h6,8,10-11,13H,5,7,9H2,1-4H3. The summed E-state index contributed by atoms with van der Waals surface area (Å²) in [6.07, 6.45) is 4.26. The number of nitrogens with one attached hydrogen (secondary N) is 1. The number of aromatic nitrogens is 2. The van der Waals surface area contributed by atoms with Crippen LogP contribution in [0.1, 0.15) is 32.9 Å². The van der Waals surface area contributed by atoms with Gasteiger partial charge in [-0.15, -0.1) is 0 Å². The lowest BCUT2D eigenvalue weighted by Crippen LogP contribution is -2.33. The molecule has 3 nitrogen and oxygen atoms in total. The number of hydrogen-bond donors (Lipinski definition) is 1. The third-order valence-electron chi connectivity index (χ3n) is 2.87. The number of nitrogens with zero attached hydrogens (tertiary/aromatic N) is 2. The molecule has 0 radical (unpaired) electrons. The average Bonchev–Trinajstić information content (AvgIpc) is 2.60. The molecule has 0 aromatic carbocycles. The van der Waals surface area contributed by atoms with E-state index in [1.807, 2.05) is 17.9 Å². The van der Waals surface area contributed by atoms with E-state index in [1.54, 1.807) is 0 Å². The highest BCUT2D eigenvalue weighted by Crippen LogP contribution is 2.10. The van der Waals surface area contributed by atoms with E-state index in [-0.39, 0.29) is 0 Å². The Morgan fingerprint density at radius 1 is 1.47 bits per heavy atom. The van der Waals surface area contributed by atoms with Gasteiger partial charge in [-0.05, 0) is 38.3 Å². The fourth-order valence-electron chi connectivity index (χ4n) is 1.65. The summed E-state index contributed by atoms with van der Waals surface area (Å²) in [6.45, 7) is 7.84. The molecule has 0 spiro atoms. The molecule has 3 heteroatoms. The predicted octanol–water partition coefficient (Wildman–Crippen LogP) is 1.99. The van der Waals surface area contributed by atoms with Gasteiger partial charge in [0.05, 0.1) is 5.69 Å². The third-order valence-corrected chi connectivity index (χ3v) is 2.87. The highest BCUT2D eigenvalue weighted by molar-refractivity contribution is 5.00. The van der Waals surface area contributed by atoms with Crippen molar-refractivity contribution in [1.29, 1.82) is 0 Å². The van der Waals surface area contributed by atoms with Crippen molar-refractivity contribution < 1.29 is 0 Å². The van der Waals surface area contributed by atoms with Crippen LogP contribution in [0.15, 0.2) is 12.3 Å². The van der Waals surface area contributed by atoms with Crippen LogP contribution in [0, 0.1) is 5.92 Å². The summed E-state index contributed by atoms with van der Waals surface area (Å²) >= 11 is 0. The van der Waals surface area contributed by atoms with E-state index in [2.05, 4.69) is 37.3 Å². The molecule has 2 atom stereocenters. The molecule has 1 aromatic rings. The predicted molar refractivity (Wildman–Crippen MR) is 63.8 cm³/mol. The van der Waals surface area contributed by atoms with Gasteiger partial charge in [-0.2, -0.15) is 5.10 Å². The second-order valence-corrected chi connectivity index (χ2v) is 4.40. The molecule has 0 fully saturated rings. The molecule has 1 N–H and O–H groups in total. The molecule has 1 rings (SSSR count). The number of rotatable bonds is 6. The van der Waals surface area contributed by atoms with Crippen molar-refractivity contribution in [3.63, 3.8) is 0 Å². The summed E-state index contributed by atoms with van der Waals surface area (Å²) in [7, 11) is 1.97. The highest BCUT2D eigenvalue weighted by atomic mass is 15.2. The Morgan fingerprint density at radius 3 is 2.73 bits per heavy atom. The molecule has 0 aliphatic heterocycles. The maximum atomic E-state index is 4.40. The minimum Gasteiger partial charge on any atom is -0.314 e. The van der Waals surface area contributed by atoms with Crippen molar-refractivity contribution in [2.24, 2.45) is 13.0 Å². The van der Waals surface area contributed by atoms with Crippen molar-refractivity contribution in [2.75, 3.05) is 6.54 Å². The fourth-order valence-corrected chi connectivity index (χ4v) is 1.65. The maximum absolute atomic E-state index is 4.40. The van der Waals surface area contributed by atoms with Crippen LogP contribution in [0.4, 0.5) is 0 Å². The van der Waals surface area contributed by atoms with Gasteiger partial charge in [0.25, 0.3) is 0 Å². The Labute approximate surface area is 92.9 Å². The van der Waals surface area contributed by atoms with Gasteiger partial charge in [0.15, 0.2) is 0 Å². The van der Waals surface area contributed by atoms with Gasteiger partial charge in [0.1, 0.15) is 0 Å². The first kappa shape index (κ1) is 12.2. The second-order valence-electron chi connectivity index (χ2n) is 4.40. The second kappa shape index (κ2) is 5.91. The number of hydrogen-bond acceptors (Lipinski definition) is 2. The van der Waals surface area contributed by atoms with Crippen LogP contribution in [0.25, 0.3) is 0 Å². The minimum atomic E-state index is 0.562. The number of aryl methyl sites for hydroxylation is 1. The highest BCUT2D eigenvalue weighted by Gasteiger charge is 2.12. The van der Waals surface area contributed by atoms with E-state index >= 15 is 0 Å². The zero-order chi connectivity index (χ0) is 11.3. The van der Waals surface area contributed by atoms with Gasteiger partial charge in [-0.25, -0.2) is 0 Å². The Hall–Kier alpha value is -0.830. The fraction of sp³-hybridized carbons (Fsp3) is 0.750. The molecular formula is C12H23N3. The molecule has 1 heterocycles. The molecule has 0 saturated heterocycles. The van der Waals surface area contributed by atoms with Gasteiger partial charge in [0.2, 0.25) is 0 Å². The van der Waals surface area contributed by atoms with Gasteiger partial charge in [0, 0.05) is 19.3 Å². The molecule has 0 aliphatic rings. The first-order valence-electron chi connectivity index (χ1n) is 5.85. The molecule has 0 amide bonds. The monoisotopic (exact) mass is 209 g/mol. The van der Waals surface area contributed by atoms with E-state index in [1.165, 1.54) is 12.1 Å². The van der Waals surface area contributed by atoms with Crippen LogP contribution in [0.3, 0.4) is 0 Å². The molecule has 0 bridgehead atoms. The summed E-state index contributed by atoms with van der Waals surface area (Å²) in [5.74, 6) is 0.631. The van der Waals surface area contributed by atoms with Crippen LogP contribution in [0.2, 0.25) is 0 Å². The zero-order valence-electron chi connectivity index (χ0n) is 10.3. The zero-order valence-corrected chi connectivity index (χ0v) is 10.3. The lowest BCUT2D eigenvalue weighted by molar-refractivity contribution is 0.395. The maximum Gasteiger partial charge on any atom is 0.0627 e. The van der Waals surface area contributed by atoms with E-state index < -0.39 is 0 Å². The summed E-state index contributed by atoms with van der Waals surface area (Å²) in [5, 5.41) is 7.93. The van der Waals surface area contributed by atoms with Crippen molar-refractivity contribution in [3.05, 3.63) is 18.0 Å². The first-order valence-corrected chi connectivity index (χ1v) is 5.85. The summed E-state index contributed by atoms with van der Waals surface area (Å²) < 4.78 is 1.87. The Morgan fingerprint density at radius 2 is 2.20 bits per heavy atom. The lowest BCUT2D eigenvalue weighted by atomic mass is 9.98. The van der Waals surface area contributed by atoms with Gasteiger partial charge in [-0.3, -0.25) is 4.68 Å². The van der Waals surface area contributed by atoms with Gasteiger partial charge < -0.3 is 5.32 Å². The van der Waals surface area contributed by atoms with Crippen molar-refractivity contribution in [3.8, 4) is 0 Å². The van der Waals surface area contributed by atoms with Crippen LogP contribution in [-0.4, -0.2) is 22.4 Å². The average molecular weight is 209 g/mol. The smallest absolute Gasteiger partial charge is 0.0627 e. The molecule has 1 aromatic heterocycles. The SMILES string of the molecule is CCCNC(C)C(C)Cc1ccn(C)n1. The summed E-state index contributed by atoms with van der Waals surface area (Å²) in [4.78, 5) is 0. The van der Waals surface area contributed by atoms with E-state index in [0.29, 0.717) is 12.0 Å². The van der Waals surface area contributed by atoms with Gasteiger partial charge >= 0.3 is 0 Å². The molecule has 15 heavy (non-hydrogen) atoms. The van der Waals surface area contributed by atoms with Crippen LogP contribution in [-0.2, 0) is 13.5 Å². The summed E-state index contributed by atoms with van der Waals surface area (Å²) in [6, 6.07) is 2.66. The Kier molecular flexibility index (Phi) is 4.82. The molecule has 2 unspecified atom stereocenters. The normalized spacial score (nSPS) is 15.2. The van der Waals surface area contributed by atoms with E-state index in [9.17, 15) is 0 Å². The van der Waals surface area contributed by atoms with Crippen molar-refractivity contribution in [1.82, 2.24) is 15.1 Å². The van der Waals surface area contributed by atoms with Crippen molar-refractivity contribution in [2.45, 2.75) is 39.7 Å². The van der Waals surface area contributed by atoms with Crippen LogP contribution < -0.4 is 5.32 Å². The molecule has 0 aliphatic carbocycles. The molecular weight excluding hydrogens is 186 g/mol. The lowest BCUT2D eigenvalue weighted by Gasteiger charge is -2.20. The first-order chi connectivity index (χ1) is 7.13. The topological polar surface area (TPSA) is 29.9 Å². The van der Waals surface area contributed by atoms with Crippen molar-refractivity contribution >= 4 is 0 Å². The molecule has 0 saturated carbocycles. The molecule has 86 valence electrons. The van der Waals surface area contributed by atoms with E-state index in [0.717, 1.165) is 13.0 Å². The Balaban J connectivity index is 2.37. The van der Waals surface area contributed by atoms with Crippen LogP contribution in [0.5, 0.6) is 0 Å². The quantitative estimate of drug-likeness (QED) is 0.776. The Bertz CT molecular complexity index is 280. The third kappa shape index (κ3) is 4.04. The summed E-state index contributed by atoms with van der Waals surface area (Å²) in [5.41, 5.74) is 1.19. The largest absolute Gasteiger partial charge is 0.314 e. The van der Waals surface area contributed by atoms with Gasteiger partial charge in [-0.1, -0.05) is 13.8 Å².